The van der Waals surface area contributed by atoms with Gasteiger partial charge in [-0.05, 0) is 0 Å². The third-order valence-electron chi connectivity index (χ3n) is 6.09. The summed E-state index contributed by atoms with van der Waals surface area (Å²) in [5, 5.41) is 10.2. The Kier molecular flexibility index (Phi) is 10.9. The molecule has 0 aliphatic rings. The average Bonchev–Trinajstić information content (AvgIpc) is 2.49. The first-order valence-electron chi connectivity index (χ1n) is 9.59. The smallest absolute Gasteiger partial charge is 0.113 e. The summed E-state index contributed by atoms with van der Waals surface area (Å²) in [5.74, 6) is 4.64. The predicted molar refractivity (Wildman–Crippen MR) is 98.2 cm³/mol. The lowest BCUT2D eigenvalue weighted by Gasteiger charge is -2.49. The zero-order chi connectivity index (χ0) is 16.3. The Bertz CT molecular complexity index is 258. The Morgan fingerprint density at radius 1 is 0.714 bits per heavy atom. The molecule has 2 heteroatoms. The van der Waals surface area contributed by atoms with Crippen LogP contribution in [0.5, 0.6) is 0 Å². The van der Waals surface area contributed by atoms with Crippen molar-refractivity contribution in [3.05, 3.63) is 0 Å². The van der Waals surface area contributed by atoms with Gasteiger partial charge in [0.2, 0.25) is 0 Å². The molecule has 0 aliphatic carbocycles. The van der Waals surface area contributed by atoms with Gasteiger partial charge in [0.15, 0.2) is 0 Å². The monoisotopic (exact) mass is 292 g/mol. The van der Waals surface area contributed by atoms with E-state index >= 15 is 0 Å². The van der Waals surface area contributed by atoms with E-state index < -0.39 is 6.15 Å². The van der Waals surface area contributed by atoms with Crippen molar-refractivity contribution in [2.45, 2.75) is 117 Å². The fourth-order valence-electron chi connectivity index (χ4n) is 4.47. The second-order valence-corrected chi connectivity index (χ2v) is 7.56. The van der Waals surface area contributed by atoms with Crippen LogP contribution in [0.2, 0.25) is 17.5 Å². The van der Waals surface area contributed by atoms with Crippen LogP contribution in [-0.2, 0) is 0 Å². The number of hydrogen-bond donors (Lipinski definition) is 0. The number of nitrogens with zero attached hydrogens (tertiary/aromatic N) is 1. The topological polar surface area (TPSA) is 23.8 Å². The van der Waals surface area contributed by atoms with Gasteiger partial charge in [-0.2, -0.15) is 23.4 Å². The molecule has 0 aromatic carbocycles. The van der Waals surface area contributed by atoms with E-state index in [1.54, 1.807) is 0 Å². The van der Waals surface area contributed by atoms with Crippen LogP contribution in [0.1, 0.15) is 99.3 Å². The van der Waals surface area contributed by atoms with E-state index in [9.17, 15) is 5.26 Å². The van der Waals surface area contributed by atoms with Crippen LogP contribution < -0.4 is 0 Å². The molecule has 0 aromatic rings. The van der Waals surface area contributed by atoms with Crippen LogP contribution in [0.3, 0.4) is 0 Å². The van der Waals surface area contributed by atoms with E-state index in [2.05, 4.69) is 47.5 Å². The molecular weight excluding hydrogens is 253 g/mol. The maximum atomic E-state index is 10.2. The number of hydrogen-bond acceptors (Lipinski definition) is 1. The minimum absolute atomic E-state index is 0.577. The first kappa shape index (κ1) is 20.6. The number of rotatable bonds is 12. The molecule has 0 aliphatic heterocycles. The number of unbranched alkanes of at least 4 members (excludes halogenated alkanes) is 3. The molecule has 0 rings (SSSR count). The molecule has 0 spiro atoms. The van der Waals surface area contributed by atoms with Crippen molar-refractivity contribution in [3.8, 4) is 5.97 Å². The molecule has 0 bridgehead atoms. The van der Waals surface area contributed by atoms with E-state index in [4.69, 9.17) is 0 Å². The van der Waals surface area contributed by atoms with Crippen molar-refractivity contribution in [1.82, 2.24) is 0 Å². The van der Waals surface area contributed by atoms with Crippen LogP contribution in [0.4, 0.5) is 0 Å². The van der Waals surface area contributed by atoms with Gasteiger partial charge in [0.25, 0.3) is 0 Å². The summed E-state index contributed by atoms with van der Waals surface area (Å²) in [7, 11) is 0. The molecule has 0 saturated carbocycles. The van der Waals surface area contributed by atoms with E-state index in [1.165, 1.54) is 57.8 Å². The largest absolute Gasteiger partial charge is 0.250 e. The molecule has 21 heavy (non-hydrogen) atoms. The Morgan fingerprint density at radius 3 is 1.19 bits per heavy atom. The van der Waals surface area contributed by atoms with Gasteiger partial charge < -0.3 is 0 Å². The lowest BCUT2D eigenvalue weighted by molar-refractivity contribution is 0.600. The molecule has 0 fully saturated rings. The summed E-state index contributed by atoms with van der Waals surface area (Å²) in [5.41, 5.74) is 0. The average molecular weight is 292 g/mol. The van der Waals surface area contributed by atoms with Crippen molar-refractivity contribution in [2.75, 3.05) is 0 Å². The van der Waals surface area contributed by atoms with Crippen molar-refractivity contribution in [3.63, 3.8) is 0 Å². The molecule has 124 valence electrons. The number of nitriles is 1. The second-order valence-electron chi connectivity index (χ2n) is 7.56. The summed E-state index contributed by atoms with van der Waals surface area (Å²) < 4.78 is 0. The highest BCUT2D eigenvalue weighted by atomic mass is 14.3. The highest BCUT2D eigenvalue weighted by Crippen LogP contribution is 2.47. The lowest BCUT2D eigenvalue weighted by Crippen LogP contribution is -2.46. The van der Waals surface area contributed by atoms with Gasteiger partial charge in [-0.3, -0.25) is 0 Å². The molecule has 0 saturated heterocycles. The van der Waals surface area contributed by atoms with Gasteiger partial charge in [0.1, 0.15) is 6.15 Å². The van der Waals surface area contributed by atoms with Crippen LogP contribution in [0.25, 0.3) is 0 Å². The Labute approximate surface area is 134 Å². The van der Waals surface area contributed by atoms with Crippen molar-refractivity contribution in [2.24, 2.45) is 0 Å². The highest BCUT2D eigenvalue weighted by Gasteiger charge is 2.39. The maximum Gasteiger partial charge on any atom is 0.113 e. The van der Waals surface area contributed by atoms with E-state index in [-0.39, 0.29) is 0 Å². The summed E-state index contributed by atoms with van der Waals surface area (Å²) in [6, 6.07) is 0. The van der Waals surface area contributed by atoms with Crippen molar-refractivity contribution < 1.29 is 0 Å². The van der Waals surface area contributed by atoms with Gasteiger partial charge in [0.05, 0.1) is 0 Å². The van der Waals surface area contributed by atoms with E-state index in [0.717, 1.165) is 0 Å². The van der Waals surface area contributed by atoms with Crippen LogP contribution in [0, 0.1) is 11.2 Å². The SMILES string of the molecule is CCCCC(C)[B-](C#N)(C(C)CCCC)C(C)CCCC. The second kappa shape index (κ2) is 11.2. The molecule has 3 unspecified atom stereocenters. The first-order chi connectivity index (χ1) is 10.0. The molecule has 0 amide bonds. The Balaban J connectivity index is 5.21. The van der Waals surface area contributed by atoms with E-state index in [1.807, 2.05) is 0 Å². The third-order valence-corrected chi connectivity index (χ3v) is 6.09. The Morgan fingerprint density at radius 2 is 1.00 bits per heavy atom. The summed E-state index contributed by atoms with van der Waals surface area (Å²) in [6.45, 7) is 13.9. The lowest BCUT2D eigenvalue weighted by atomic mass is 9.09. The minimum Gasteiger partial charge on any atom is -0.250 e. The van der Waals surface area contributed by atoms with Crippen LogP contribution >= 0.6 is 0 Å². The third kappa shape index (κ3) is 5.69. The van der Waals surface area contributed by atoms with Gasteiger partial charge in [-0.25, -0.2) is 5.26 Å². The van der Waals surface area contributed by atoms with Crippen molar-refractivity contribution >= 4 is 6.15 Å². The van der Waals surface area contributed by atoms with Gasteiger partial charge in [-0.15, -0.1) is 0 Å². The standard InChI is InChI=1S/C19H39BN/c1-7-10-13-17(4)20(16-21,18(5)14-11-8-2)19(6)15-12-9-3/h17-19H,7-15H2,1-6H3/q-1. The van der Waals surface area contributed by atoms with E-state index in [0.29, 0.717) is 17.5 Å². The zero-order valence-corrected chi connectivity index (χ0v) is 15.6. The minimum atomic E-state index is -0.918. The van der Waals surface area contributed by atoms with Crippen molar-refractivity contribution in [1.29, 1.82) is 5.26 Å². The molecule has 1 nitrogen and oxygen atoms in total. The summed E-state index contributed by atoms with van der Waals surface area (Å²) in [6.07, 6.45) is 10.3. The molecule has 0 radical (unpaired) electrons. The Hall–Kier alpha value is -0.445. The molecular formula is C19H39BN-. The van der Waals surface area contributed by atoms with Crippen LogP contribution in [-0.4, -0.2) is 6.15 Å². The van der Waals surface area contributed by atoms with Gasteiger partial charge in [0, 0.05) is 0 Å². The molecule has 3 atom stereocenters. The normalized spacial score (nSPS) is 18.5. The quantitative estimate of drug-likeness (QED) is 0.348. The van der Waals surface area contributed by atoms with Gasteiger partial charge in [-0.1, -0.05) is 99.3 Å². The maximum absolute atomic E-state index is 10.2. The zero-order valence-electron chi connectivity index (χ0n) is 15.6. The van der Waals surface area contributed by atoms with Crippen LogP contribution in [0.15, 0.2) is 0 Å². The fraction of sp³-hybridized carbons (Fsp3) is 0.947. The highest BCUT2D eigenvalue weighted by molar-refractivity contribution is 6.90. The molecule has 0 aromatic heterocycles. The molecule has 0 N–H and O–H groups in total. The fourth-order valence-corrected chi connectivity index (χ4v) is 4.47. The van der Waals surface area contributed by atoms with Gasteiger partial charge >= 0.3 is 0 Å². The molecule has 0 heterocycles. The predicted octanol–water partition coefficient (Wildman–Crippen LogP) is 7.24. The summed E-state index contributed by atoms with van der Waals surface area (Å²) in [4.78, 5) is 0. The summed E-state index contributed by atoms with van der Waals surface area (Å²) >= 11 is 0. The first-order valence-corrected chi connectivity index (χ1v) is 9.59.